The Labute approximate surface area is 125 Å². The summed E-state index contributed by atoms with van der Waals surface area (Å²) in [4.78, 5) is 1.28. The van der Waals surface area contributed by atoms with E-state index in [0.29, 0.717) is 6.04 Å². The molecule has 0 unspecified atom stereocenters. The molecule has 0 saturated carbocycles. The quantitative estimate of drug-likeness (QED) is 0.813. The van der Waals surface area contributed by atoms with Gasteiger partial charge in [0.2, 0.25) is 0 Å². The number of nitrogens with zero attached hydrogens (tertiary/aromatic N) is 1. The van der Waals surface area contributed by atoms with Crippen LogP contribution >= 0.6 is 11.8 Å². The predicted octanol–water partition coefficient (Wildman–Crippen LogP) is 4.08. The lowest BCUT2D eigenvalue weighted by molar-refractivity contribution is 0.392. The van der Waals surface area contributed by atoms with Gasteiger partial charge in [0.1, 0.15) is 5.76 Å². The lowest BCUT2D eigenvalue weighted by Crippen LogP contribution is -2.21. The minimum absolute atomic E-state index is 0.517. The normalized spacial score (nSPS) is 11.2. The molecule has 2 aromatic rings. The van der Waals surface area contributed by atoms with Gasteiger partial charge in [0.05, 0.1) is 5.69 Å². The lowest BCUT2D eigenvalue weighted by atomic mass is 10.2. The highest BCUT2D eigenvalue weighted by Crippen LogP contribution is 2.26. The van der Waals surface area contributed by atoms with Gasteiger partial charge in [-0.05, 0) is 31.5 Å². The molecule has 20 heavy (non-hydrogen) atoms. The summed E-state index contributed by atoms with van der Waals surface area (Å²) in [5.74, 6) is 1.83. The highest BCUT2D eigenvalue weighted by atomic mass is 32.2. The van der Waals surface area contributed by atoms with Crippen LogP contribution in [0.2, 0.25) is 0 Å². The molecule has 0 amide bonds. The van der Waals surface area contributed by atoms with Crippen molar-refractivity contribution in [1.29, 1.82) is 0 Å². The average Bonchev–Trinajstić information content (AvgIpc) is 2.75. The SMILES string of the molecule is Cc1noc(C)c1CSc1ccc(CNC(C)C)cc1. The molecule has 0 saturated heterocycles. The minimum Gasteiger partial charge on any atom is -0.361 e. The van der Waals surface area contributed by atoms with Crippen LogP contribution in [0.15, 0.2) is 33.7 Å². The standard InChI is InChI=1S/C16H22N2OS/c1-11(2)17-9-14-5-7-15(8-6-14)20-10-16-12(3)18-19-13(16)4/h5-8,11,17H,9-10H2,1-4H3. The van der Waals surface area contributed by atoms with Gasteiger partial charge < -0.3 is 9.84 Å². The maximum atomic E-state index is 5.19. The summed E-state index contributed by atoms with van der Waals surface area (Å²) in [5, 5.41) is 7.41. The zero-order valence-electron chi connectivity index (χ0n) is 12.6. The zero-order valence-corrected chi connectivity index (χ0v) is 13.4. The third kappa shape index (κ3) is 4.12. The summed E-state index contributed by atoms with van der Waals surface area (Å²) in [6, 6.07) is 9.25. The van der Waals surface area contributed by atoms with Gasteiger partial charge in [0.25, 0.3) is 0 Å². The molecule has 0 spiro atoms. The van der Waals surface area contributed by atoms with Crippen LogP contribution in [0.5, 0.6) is 0 Å². The molecular formula is C16H22N2OS. The third-order valence-electron chi connectivity index (χ3n) is 3.20. The summed E-state index contributed by atoms with van der Waals surface area (Å²) in [6.07, 6.45) is 0. The van der Waals surface area contributed by atoms with E-state index in [9.17, 15) is 0 Å². The van der Waals surface area contributed by atoms with Crippen molar-refractivity contribution < 1.29 is 4.52 Å². The average molecular weight is 290 g/mol. The Balaban J connectivity index is 1.91. The molecule has 0 atom stereocenters. The molecular weight excluding hydrogens is 268 g/mol. The van der Waals surface area contributed by atoms with E-state index in [2.05, 4.69) is 48.6 Å². The Morgan fingerprint density at radius 1 is 1.20 bits per heavy atom. The molecule has 0 aliphatic rings. The van der Waals surface area contributed by atoms with Crippen molar-refractivity contribution in [3.05, 3.63) is 46.8 Å². The van der Waals surface area contributed by atoms with Crippen LogP contribution in [0.1, 0.15) is 36.4 Å². The van der Waals surface area contributed by atoms with E-state index in [-0.39, 0.29) is 0 Å². The smallest absolute Gasteiger partial charge is 0.137 e. The van der Waals surface area contributed by atoms with Crippen LogP contribution < -0.4 is 5.32 Å². The van der Waals surface area contributed by atoms with Gasteiger partial charge in [-0.2, -0.15) is 0 Å². The van der Waals surface area contributed by atoms with Crippen molar-refractivity contribution in [1.82, 2.24) is 10.5 Å². The van der Waals surface area contributed by atoms with Crippen molar-refractivity contribution in [3.8, 4) is 0 Å². The minimum atomic E-state index is 0.517. The topological polar surface area (TPSA) is 38.1 Å². The monoisotopic (exact) mass is 290 g/mol. The molecule has 0 radical (unpaired) electrons. The van der Waals surface area contributed by atoms with Crippen molar-refractivity contribution in [3.63, 3.8) is 0 Å². The molecule has 4 heteroatoms. The highest BCUT2D eigenvalue weighted by Gasteiger charge is 2.09. The maximum Gasteiger partial charge on any atom is 0.137 e. The van der Waals surface area contributed by atoms with Crippen LogP contribution in [-0.4, -0.2) is 11.2 Å². The first kappa shape index (κ1) is 15.1. The number of aryl methyl sites for hydroxylation is 2. The van der Waals surface area contributed by atoms with Crippen LogP contribution in [0.3, 0.4) is 0 Å². The van der Waals surface area contributed by atoms with Gasteiger partial charge in [0, 0.05) is 28.8 Å². The molecule has 1 heterocycles. The van der Waals surface area contributed by atoms with Crippen molar-refractivity contribution in [2.75, 3.05) is 0 Å². The van der Waals surface area contributed by atoms with E-state index in [1.165, 1.54) is 16.0 Å². The lowest BCUT2D eigenvalue weighted by Gasteiger charge is -2.08. The first-order valence-electron chi connectivity index (χ1n) is 6.93. The fraction of sp³-hybridized carbons (Fsp3) is 0.438. The molecule has 2 rings (SSSR count). The number of hydrogen-bond donors (Lipinski definition) is 1. The Hall–Kier alpha value is -1.26. The second kappa shape index (κ2) is 6.95. The van der Waals surface area contributed by atoms with Gasteiger partial charge in [-0.25, -0.2) is 0 Å². The van der Waals surface area contributed by atoms with Gasteiger partial charge in [0.15, 0.2) is 0 Å². The van der Waals surface area contributed by atoms with E-state index in [4.69, 9.17) is 4.52 Å². The Morgan fingerprint density at radius 2 is 1.90 bits per heavy atom. The van der Waals surface area contributed by atoms with Gasteiger partial charge in [-0.3, -0.25) is 0 Å². The largest absolute Gasteiger partial charge is 0.361 e. The molecule has 0 aliphatic heterocycles. The summed E-state index contributed by atoms with van der Waals surface area (Å²) in [6.45, 7) is 9.21. The fourth-order valence-electron chi connectivity index (χ4n) is 1.89. The van der Waals surface area contributed by atoms with E-state index in [0.717, 1.165) is 23.8 Å². The number of hydrogen-bond acceptors (Lipinski definition) is 4. The van der Waals surface area contributed by atoms with Crippen LogP contribution in [0, 0.1) is 13.8 Å². The van der Waals surface area contributed by atoms with E-state index < -0.39 is 0 Å². The van der Waals surface area contributed by atoms with Gasteiger partial charge in [-0.1, -0.05) is 31.1 Å². The number of benzene rings is 1. The molecule has 3 nitrogen and oxygen atoms in total. The maximum absolute atomic E-state index is 5.19. The summed E-state index contributed by atoms with van der Waals surface area (Å²) in [5.41, 5.74) is 3.52. The molecule has 1 aromatic carbocycles. The fourth-order valence-corrected chi connectivity index (χ4v) is 2.94. The molecule has 0 bridgehead atoms. The van der Waals surface area contributed by atoms with Crippen molar-refractivity contribution >= 4 is 11.8 Å². The number of rotatable bonds is 6. The van der Waals surface area contributed by atoms with E-state index >= 15 is 0 Å². The molecule has 0 fully saturated rings. The summed E-state index contributed by atoms with van der Waals surface area (Å²) < 4.78 is 5.19. The van der Waals surface area contributed by atoms with E-state index in [1.807, 2.05) is 25.6 Å². The highest BCUT2D eigenvalue weighted by molar-refractivity contribution is 7.98. The molecule has 108 valence electrons. The number of nitrogens with one attached hydrogen (secondary N) is 1. The molecule has 1 N–H and O–H groups in total. The summed E-state index contributed by atoms with van der Waals surface area (Å²) in [7, 11) is 0. The zero-order chi connectivity index (χ0) is 14.5. The van der Waals surface area contributed by atoms with E-state index in [1.54, 1.807) is 0 Å². The predicted molar refractivity (Wildman–Crippen MR) is 84.0 cm³/mol. The second-order valence-corrected chi connectivity index (χ2v) is 6.32. The van der Waals surface area contributed by atoms with Gasteiger partial charge in [-0.15, -0.1) is 11.8 Å². The van der Waals surface area contributed by atoms with Crippen molar-refractivity contribution in [2.45, 2.75) is 50.9 Å². The van der Waals surface area contributed by atoms with Crippen LogP contribution in [0.25, 0.3) is 0 Å². The first-order chi connectivity index (χ1) is 9.56. The third-order valence-corrected chi connectivity index (χ3v) is 4.24. The molecule has 0 aliphatic carbocycles. The van der Waals surface area contributed by atoms with Gasteiger partial charge >= 0.3 is 0 Å². The Kier molecular flexibility index (Phi) is 5.26. The second-order valence-electron chi connectivity index (χ2n) is 5.27. The first-order valence-corrected chi connectivity index (χ1v) is 7.91. The van der Waals surface area contributed by atoms with Crippen LogP contribution in [-0.2, 0) is 12.3 Å². The number of aromatic nitrogens is 1. The summed E-state index contributed by atoms with van der Waals surface area (Å²) >= 11 is 1.82. The molecule has 1 aromatic heterocycles. The Bertz CT molecular complexity index is 527. The number of thioether (sulfide) groups is 1. The Morgan fingerprint density at radius 3 is 2.45 bits per heavy atom. The van der Waals surface area contributed by atoms with Crippen molar-refractivity contribution in [2.24, 2.45) is 0 Å². The van der Waals surface area contributed by atoms with Crippen LogP contribution in [0.4, 0.5) is 0 Å².